The molecule has 0 saturated heterocycles. The lowest BCUT2D eigenvalue weighted by molar-refractivity contribution is -0.383. The van der Waals surface area contributed by atoms with Crippen LogP contribution in [0.2, 0.25) is 0 Å². The van der Waals surface area contributed by atoms with Gasteiger partial charge in [-0.1, -0.05) is 6.07 Å². The highest BCUT2D eigenvalue weighted by Gasteiger charge is 2.19. The Balaban J connectivity index is 2.48. The van der Waals surface area contributed by atoms with Crippen molar-refractivity contribution in [2.75, 3.05) is 11.1 Å². The van der Waals surface area contributed by atoms with Gasteiger partial charge in [0.1, 0.15) is 23.0 Å². The number of halogens is 3. The van der Waals surface area contributed by atoms with Gasteiger partial charge in [-0.25, -0.2) is 8.78 Å². The van der Waals surface area contributed by atoms with E-state index in [-0.39, 0.29) is 27.2 Å². The summed E-state index contributed by atoms with van der Waals surface area (Å²) in [6.07, 6.45) is 0. The second kappa shape index (κ2) is 5.41. The number of nitro groups is 1. The molecular weight excluding hydrogens is 336 g/mol. The van der Waals surface area contributed by atoms with E-state index < -0.39 is 16.6 Å². The topological polar surface area (TPSA) is 81.2 Å². The molecule has 0 aromatic heterocycles. The fraction of sp³-hybridized carbons (Fsp3) is 0. The van der Waals surface area contributed by atoms with E-state index in [1.54, 1.807) is 0 Å². The first-order valence-corrected chi connectivity index (χ1v) is 6.14. The molecule has 3 N–H and O–H groups in total. The summed E-state index contributed by atoms with van der Waals surface area (Å²) < 4.78 is 26.8. The molecule has 0 bridgehead atoms. The molecule has 8 heteroatoms. The summed E-state index contributed by atoms with van der Waals surface area (Å²) >= 11 is 2.92. The van der Waals surface area contributed by atoms with Gasteiger partial charge in [-0.05, 0) is 34.1 Å². The number of anilines is 3. The van der Waals surface area contributed by atoms with Crippen LogP contribution in [0.1, 0.15) is 0 Å². The lowest BCUT2D eigenvalue weighted by atomic mass is 10.2. The number of benzene rings is 2. The number of nitro benzene ring substituents is 1. The predicted octanol–water partition coefficient (Wildman–Crippen LogP) is 3.96. The Bertz CT molecular complexity index is 695. The molecule has 0 aliphatic heterocycles. The van der Waals surface area contributed by atoms with E-state index in [0.717, 1.165) is 6.07 Å². The minimum Gasteiger partial charge on any atom is -0.393 e. The standard InChI is InChI=1S/C12H8BrF2N3O2/c13-6-4-11(8(15)5-7(6)14)17-10-3-1-2-9(16)12(10)18(19)20/h1-5,17H,16H2. The number of nitrogens with one attached hydrogen (secondary N) is 1. The molecule has 2 rings (SSSR count). The molecule has 104 valence electrons. The lowest BCUT2D eigenvalue weighted by Crippen LogP contribution is -2.02. The van der Waals surface area contributed by atoms with Crippen LogP contribution in [0.25, 0.3) is 0 Å². The molecule has 0 heterocycles. The number of nitrogens with two attached hydrogens (primary N) is 1. The summed E-state index contributed by atoms with van der Waals surface area (Å²) in [5.41, 5.74) is 5.02. The van der Waals surface area contributed by atoms with E-state index >= 15 is 0 Å². The van der Waals surface area contributed by atoms with Crippen LogP contribution in [0.3, 0.4) is 0 Å². The maximum atomic E-state index is 13.6. The zero-order valence-electron chi connectivity index (χ0n) is 9.86. The Morgan fingerprint density at radius 2 is 1.90 bits per heavy atom. The summed E-state index contributed by atoms with van der Waals surface area (Å²) in [5.74, 6) is -1.64. The average molecular weight is 344 g/mol. The Kier molecular flexibility index (Phi) is 3.84. The molecule has 0 atom stereocenters. The third-order valence-corrected chi connectivity index (χ3v) is 3.14. The highest BCUT2D eigenvalue weighted by molar-refractivity contribution is 9.10. The molecule has 0 saturated carbocycles. The number of hydrogen-bond acceptors (Lipinski definition) is 4. The predicted molar refractivity (Wildman–Crippen MR) is 74.8 cm³/mol. The summed E-state index contributed by atoms with van der Waals surface area (Å²) in [6.45, 7) is 0. The largest absolute Gasteiger partial charge is 0.393 e. The molecule has 0 radical (unpaired) electrons. The molecule has 20 heavy (non-hydrogen) atoms. The molecule has 0 aliphatic rings. The first-order chi connectivity index (χ1) is 9.40. The van der Waals surface area contributed by atoms with Crippen LogP contribution in [-0.2, 0) is 0 Å². The summed E-state index contributed by atoms with van der Waals surface area (Å²) in [4.78, 5) is 10.3. The van der Waals surface area contributed by atoms with Crippen LogP contribution in [-0.4, -0.2) is 4.92 Å². The van der Waals surface area contributed by atoms with Crippen LogP contribution in [0, 0.1) is 21.7 Å². The molecule has 0 aliphatic carbocycles. The minimum absolute atomic E-state index is 0.0207. The SMILES string of the molecule is Nc1cccc(Nc2cc(Br)c(F)cc2F)c1[N+](=O)[O-]. The van der Waals surface area contributed by atoms with E-state index in [2.05, 4.69) is 21.2 Å². The summed E-state index contributed by atoms with van der Waals surface area (Å²) in [6, 6.07) is 6.05. The van der Waals surface area contributed by atoms with Gasteiger partial charge in [0.2, 0.25) is 0 Å². The number of rotatable bonds is 3. The van der Waals surface area contributed by atoms with E-state index in [4.69, 9.17) is 5.73 Å². The Morgan fingerprint density at radius 3 is 2.55 bits per heavy atom. The third-order valence-electron chi connectivity index (χ3n) is 2.53. The van der Waals surface area contributed by atoms with Gasteiger partial charge in [0, 0.05) is 6.07 Å². The van der Waals surface area contributed by atoms with Gasteiger partial charge in [0.15, 0.2) is 0 Å². The van der Waals surface area contributed by atoms with Crippen molar-refractivity contribution in [2.45, 2.75) is 0 Å². The Morgan fingerprint density at radius 1 is 1.20 bits per heavy atom. The molecule has 2 aromatic rings. The first-order valence-electron chi connectivity index (χ1n) is 5.34. The third kappa shape index (κ3) is 2.69. The van der Waals surface area contributed by atoms with Crippen LogP contribution in [0.15, 0.2) is 34.8 Å². The van der Waals surface area contributed by atoms with Gasteiger partial charge in [-0.3, -0.25) is 10.1 Å². The molecular formula is C12H8BrF2N3O2. The van der Waals surface area contributed by atoms with Crippen molar-refractivity contribution >= 4 is 38.7 Å². The van der Waals surface area contributed by atoms with Crippen LogP contribution in [0.4, 0.5) is 31.5 Å². The van der Waals surface area contributed by atoms with E-state index in [1.807, 2.05) is 0 Å². The van der Waals surface area contributed by atoms with Gasteiger partial charge in [-0.2, -0.15) is 0 Å². The highest BCUT2D eigenvalue weighted by atomic mass is 79.9. The Labute approximate surface area is 120 Å². The molecule has 0 fully saturated rings. The molecule has 0 unspecified atom stereocenters. The number of hydrogen-bond donors (Lipinski definition) is 2. The zero-order chi connectivity index (χ0) is 14.9. The van der Waals surface area contributed by atoms with Gasteiger partial charge in [-0.15, -0.1) is 0 Å². The summed E-state index contributed by atoms with van der Waals surface area (Å²) in [7, 11) is 0. The van der Waals surface area contributed by atoms with Crippen LogP contribution >= 0.6 is 15.9 Å². The summed E-state index contributed by atoms with van der Waals surface area (Å²) in [5, 5.41) is 13.5. The fourth-order valence-electron chi connectivity index (χ4n) is 1.63. The maximum Gasteiger partial charge on any atom is 0.315 e. The Hall–Kier alpha value is -2.22. The van der Waals surface area contributed by atoms with Crippen molar-refractivity contribution < 1.29 is 13.7 Å². The van der Waals surface area contributed by atoms with Crippen LogP contribution < -0.4 is 11.1 Å². The monoisotopic (exact) mass is 343 g/mol. The minimum atomic E-state index is -0.873. The number of nitrogen functional groups attached to an aromatic ring is 1. The van der Waals surface area contributed by atoms with Gasteiger partial charge >= 0.3 is 5.69 Å². The smallest absolute Gasteiger partial charge is 0.315 e. The highest BCUT2D eigenvalue weighted by Crippen LogP contribution is 2.34. The van der Waals surface area contributed by atoms with Gasteiger partial charge in [0.05, 0.1) is 15.1 Å². The lowest BCUT2D eigenvalue weighted by Gasteiger charge is -2.10. The van der Waals surface area contributed by atoms with E-state index in [9.17, 15) is 18.9 Å². The molecule has 0 spiro atoms. The zero-order valence-corrected chi connectivity index (χ0v) is 11.4. The molecule has 2 aromatic carbocycles. The fourth-order valence-corrected chi connectivity index (χ4v) is 1.97. The average Bonchev–Trinajstić information content (AvgIpc) is 2.35. The molecule has 5 nitrogen and oxygen atoms in total. The second-order valence-corrected chi connectivity index (χ2v) is 4.73. The quantitative estimate of drug-likeness (QED) is 0.382. The van der Waals surface area contributed by atoms with E-state index in [1.165, 1.54) is 18.2 Å². The normalized spacial score (nSPS) is 10.3. The second-order valence-electron chi connectivity index (χ2n) is 3.87. The number of para-hydroxylation sites is 1. The number of nitrogens with zero attached hydrogens (tertiary/aromatic N) is 1. The van der Waals surface area contributed by atoms with Crippen LogP contribution in [0.5, 0.6) is 0 Å². The maximum absolute atomic E-state index is 13.6. The van der Waals surface area contributed by atoms with Gasteiger partial charge < -0.3 is 11.1 Å². The first kappa shape index (κ1) is 14.2. The van der Waals surface area contributed by atoms with Crippen molar-refractivity contribution in [3.05, 3.63) is 56.6 Å². The van der Waals surface area contributed by atoms with Crippen molar-refractivity contribution in [3.63, 3.8) is 0 Å². The van der Waals surface area contributed by atoms with Gasteiger partial charge in [0.25, 0.3) is 0 Å². The van der Waals surface area contributed by atoms with Crippen molar-refractivity contribution in [1.82, 2.24) is 0 Å². The van der Waals surface area contributed by atoms with Crippen molar-refractivity contribution in [2.24, 2.45) is 0 Å². The van der Waals surface area contributed by atoms with Crippen molar-refractivity contribution in [1.29, 1.82) is 0 Å². The van der Waals surface area contributed by atoms with Crippen molar-refractivity contribution in [3.8, 4) is 0 Å². The molecule has 0 amide bonds. The van der Waals surface area contributed by atoms with E-state index in [0.29, 0.717) is 6.07 Å².